The molecular formula is C15H20ClN3OS. The van der Waals surface area contributed by atoms with E-state index < -0.39 is 6.04 Å². The van der Waals surface area contributed by atoms with E-state index in [1.165, 1.54) is 11.3 Å². The quantitative estimate of drug-likeness (QED) is 0.888. The third kappa shape index (κ3) is 4.81. The summed E-state index contributed by atoms with van der Waals surface area (Å²) in [6.45, 7) is 4.06. The standard InChI is InChI=1S/C15H19N3OS.ClH/c1-3-13-10(2)20-15(17-13)18-14(19)12(16)9-11-7-5-4-6-8-11;/h4-8,12H,3,9,16H2,1-2H3,(H,17,18,19);1H/t12-;/m0./s1. The number of amides is 1. The van der Waals surface area contributed by atoms with Crippen LogP contribution in [0.4, 0.5) is 5.13 Å². The molecule has 0 saturated carbocycles. The van der Waals surface area contributed by atoms with E-state index in [-0.39, 0.29) is 18.3 Å². The highest BCUT2D eigenvalue weighted by Crippen LogP contribution is 2.22. The molecule has 0 aliphatic heterocycles. The zero-order chi connectivity index (χ0) is 14.5. The fraction of sp³-hybridized carbons (Fsp3) is 0.333. The molecular weight excluding hydrogens is 306 g/mol. The van der Waals surface area contributed by atoms with E-state index in [0.29, 0.717) is 11.6 Å². The van der Waals surface area contributed by atoms with E-state index >= 15 is 0 Å². The van der Waals surface area contributed by atoms with Crippen molar-refractivity contribution in [2.24, 2.45) is 5.73 Å². The van der Waals surface area contributed by atoms with Gasteiger partial charge in [0, 0.05) is 4.88 Å². The number of benzene rings is 1. The lowest BCUT2D eigenvalue weighted by Gasteiger charge is -2.10. The normalized spacial score (nSPS) is 11.6. The van der Waals surface area contributed by atoms with Crippen LogP contribution in [0.2, 0.25) is 0 Å². The van der Waals surface area contributed by atoms with Gasteiger partial charge in [0.2, 0.25) is 5.91 Å². The summed E-state index contributed by atoms with van der Waals surface area (Å²) in [6, 6.07) is 9.20. The Bertz CT molecular complexity index is 586. The van der Waals surface area contributed by atoms with Crippen molar-refractivity contribution in [2.45, 2.75) is 32.7 Å². The highest BCUT2D eigenvalue weighted by molar-refractivity contribution is 7.15. The number of anilines is 1. The molecule has 21 heavy (non-hydrogen) atoms. The Balaban J connectivity index is 0.00000220. The fourth-order valence-corrected chi connectivity index (χ4v) is 2.87. The van der Waals surface area contributed by atoms with Crippen LogP contribution in [0.3, 0.4) is 0 Å². The lowest BCUT2D eigenvalue weighted by molar-refractivity contribution is -0.117. The number of aryl methyl sites for hydroxylation is 2. The molecule has 114 valence electrons. The van der Waals surface area contributed by atoms with Crippen molar-refractivity contribution < 1.29 is 4.79 Å². The summed E-state index contributed by atoms with van der Waals surface area (Å²) >= 11 is 1.49. The molecule has 0 fully saturated rings. The minimum atomic E-state index is -0.563. The maximum atomic E-state index is 12.1. The van der Waals surface area contributed by atoms with Crippen molar-refractivity contribution in [1.29, 1.82) is 0 Å². The second kappa shape index (κ2) is 8.12. The Morgan fingerprint density at radius 1 is 1.38 bits per heavy atom. The number of nitrogens with two attached hydrogens (primary N) is 1. The summed E-state index contributed by atoms with van der Waals surface area (Å²) < 4.78 is 0. The molecule has 1 heterocycles. The Morgan fingerprint density at radius 3 is 2.62 bits per heavy atom. The number of hydrogen-bond acceptors (Lipinski definition) is 4. The van der Waals surface area contributed by atoms with Gasteiger partial charge in [0.25, 0.3) is 0 Å². The molecule has 0 saturated heterocycles. The molecule has 0 aliphatic rings. The van der Waals surface area contributed by atoms with Crippen LogP contribution in [-0.4, -0.2) is 16.9 Å². The third-order valence-electron chi connectivity index (χ3n) is 3.09. The zero-order valence-corrected chi connectivity index (χ0v) is 13.8. The maximum Gasteiger partial charge on any atom is 0.243 e. The predicted molar refractivity (Wildman–Crippen MR) is 90.2 cm³/mol. The van der Waals surface area contributed by atoms with Crippen LogP contribution in [0.25, 0.3) is 0 Å². The predicted octanol–water partition coefficient (Wildman–Crippen LogP) is 2.94. The first-order valence-electron chi connectivity index (χ1n) is 6.66. The van der Waals surface area contributed by atoms with E-state index in [4.69, 9.17) is 5.73 Å². The monoisotopic (exact) mass is 325 g/mol. The molecule has 0 spiro atoms. The van der Waals surface area contributed by atoms with Gasteiger partial charge >= 0.3 is 0 Å². The number of nitrogens with zero attached hydrogens (tertiary/aromatic N) is 1. The van der Waals surface area contributed by atoms with Crippen molar-refractivity contribution in [3.63, 3.8) is 0 Å². The fourth-order valence-electron chi connectivity index (χ4n) is 1.97. The number of carbonyl (C=O) groups excluding carboxylic acids is 1. The number of rotatable bonds is 5. The Kier molecular flexibility index (Phi) is 6.81. The van der Waals surface area contributed by atoms with Gasteiger partial charge in [-0.1, -0.05) is 37.3 Å². The van der Waals surface area contributed by atoms with Crippen LogP contribution >= 0.6 is 23.7 Å². The average molecular weight is 326 g/mol. The van der Waals surface area contributed by atoms with Crippen LogP contribution in [0.5, 0.6) is 0 Å². The van der Waals surface area contributed by atoms with Crippen molar-refractivity contribution in [3.05, 3.63) is 46.5 Å². The van der Waals surface area contributed by atoms with Gasteiger partial charge in [0.15, 0.2) is 5.13 Å². The molecule has 0 unspecified atom stereocenters. The Labute approximate surface area is 135 Å². The second-order valence-corrected chi connectivity index (χ2v) is 5.86. The van der Waals surface area contributed by atoms with Crippen LogP contribution in [-0.2, 0) is 17.6 Å². The summed E-state index contributed by atoms with van der Waals surface area (Å²) in [5.41, 5.74) is 8.02. The van der Waals surface area contributed by atoms with Gasteiger partial charge in [-0.25, -0.2) is 4.98 Å². The molecule has 1 aromatic heterocycles. The molecule has 3 N–H and O–H groups in total. The van der Waals surface area contributed by atoms with Crippen molar-refractivity contribution in [3.8, 4) is 0 Å². The van der Waals surface area contributed by atoms with Gasteiger partial charge < -0.3 is 11.1 Å². The summed E-state index contributed by atoms with van der Waals surface area (Å²) in [4.78, 5) is 17.6. The second-order valence-electron chi connectivity index (χ2n) is 4.66. The van der Waals surface area contributed by atoms with Crippen LogP contribution in [0.1, 0.15) is 23.1 Å². The molecule has 0 radical (unpaired) electrons. The summed E-state index contributed by atoms with van der Waals surface area (Å²) in [5, 5.41) is 3.43. The molecule has 0 aliphatic carbocycles. The Hall–Kier alpha value is -1.43. The number of hydrogen-bond donors (Lipinski definition) is 2. The molecule has 1 atom stereocenters. The minimum absolute atomic E-state index is 0. The summed E-state index contributed by atoms with van der Waals surface area (Å²) in [6.07, 6.45) is 1.39. The van der Waals surface area contributed by atoms with Crippen molar-refractivity contribution in [1.82, 2.24) is 4.98 Å². The van der Waals surface area contributed by atoms with E-state index in [1.807, 2.05) is 37.3 Å². The van der Waals surface area contributed by atoms with Gasteiger partial charge in [-0.15, -0.1) is 23.7 Å². The van der Waals surface area contributed by atoms with E-state index in [9.17, 15) is 4.79 Å². The van der Waals surface area contributed by atoms with Crippen LogP contribution < -0.4 is 11.1 Å². The first kappa shape index (κ1) is 17.6. The highest BCUT2D eigenvalue weighted by atomic mass is 35.5. The topological polar surface area (TPSA) is 68.0 Å². The SMILES string of the molecule is CCc1nc(NC(=O)[C@@H](N)Cc2ccccc2)sc1C.Cl. The van der Waals surface area contributed by atoms with Crippen LogP contribution in [0, 0.1) is 6.92 Å². The minimum Gasteiger partial charge on any atom is -0.320 e. The Morgan fingerprint density at radius 2 is 2.05 bits per heavy atom. The van der Waals surface area contributed by atoms with Crippen molar-refractivity contribution in [2.75, 3.05) is 5.32 Å². The lowest BCUT2D eigenvalue weighted by Crippen LogP contribution is -2.37. The van der Waals surface area contributed by atoms with E-state index in [2.05, 4.69) is 17.2 Å². The largest absolute Gasteiger partial charge is 0.320 e. The van der Waals surface area contributed by atoms with Crippen LogP contribution in [0.15, 0.2) is 30.3 Å². The molecule has 6 heteroatoms. The molecule has 1 amide bonds. The molecule has 1 aromatic carbocycles. The molecule has 2 rings (SSSR count). The average Bonchev–Trinajstić information content (AvgIpc) is 2.79. The smallest absolute Gasteiger partial charge is 0.243 e. The van der Waals surface area contributed by atoms with E-state index in [0.717, 1.165) is 22.6 Å². The summed E-state index contributed by atoms with van der Waals surface area (Å²) in [7, 11) is 0. The number of carbonyl (C=O) groups is 1. The molecule has 2 aromatic rings. The number of thiazole rings is 1. The van der Waals surface area contributed by atoms with Gasteiger partial charge in [0.05, 0.1) is 11.7 Å². The number of nitrogens with one attached hydrogen (secondary N) is 1. The van der Waals surface area contributed by atoms with Gasteiger partial charge in [-0.05, 0) is 25.3 Å². The first-order chi connectivity index (χ1) is 9.60. The van der Waals surface area contributed by atoms with Crippen molar-refractivity contribution >= 4 is 34.8 Å². The first-order valence-corrected chi connectivity index (χ1v) is 7.48. The molecule has 0 bridgehead atoms. The van der Waals surface area contributed by atoms with Gasteiger partial charge in [0.1, 0.15) is 0 Å². The van der Waals surface area contributed by atoms with Gasteiger partial charge in [-0.2, -0.15) is 0 Å². The lowest BCUT2D eigenvalue weighted by atomic mass is 10.1. The molecule has 4 nitrogen and oxygen atoms in total. The number of halogens is 1. The maximum absolute atomic E-state index is 12.1. The third-order valence-corrected chi connectivity index (χ3v) is 4.02. The number of aromatic nitrogens is 1. The summed E-state index contributed by atoms with van der Waals surface area (Å²) in [5.74, 6) is -0.190. The van der Waals surface area contributed by atoms with Gasteiger partial charge in [-0.3, -0.25) is 4.79 Å². The zero-order valence-electron chi connectivity index (χ0n) is 12.1. The highest BCUT2D eigenvalue weighted by Gasteiger charge is 2.16. The van der Waals surface area contributed by atoms with E-state index in [1.54, 1.807) is 0 Å².